The highest BCUT2D eigenvalue weighted by molar-refractivity contribution is 5.78. The standard InChI is InChI=1S/C24H27FN2O2/c1-19-5-3-6-21(15-19)17-26-12-4-7-23(26)18-27(13-14-29-2)24(28)16-20-8-10-22(25)11-9-20/h3-12,15H,13-14,16-18H2,1-2H3. The summed E-state index contributed by atoms with van der Waals surface area (Å²) in [5, 5.41) is 0. The van der Waals surface area contributed by atoms with Gasteiger partial charge in [0.25, 0.3) is 0 Å². The lowest BCUT2D eigenvalue weighted by Crippen LogP contribution is -2.35. The average Bonchev–Trinajstić information content (AvgIpc) is 3.13. The molecule has 0 radical (unpaired) electrons. The van der Waals surface area contributed by atoms with Crippen molar-refractivity contribution in [2.45, 2.75) is 26.4 Å². The van der Waals surface area contributed by atoms with Crippen molar-refractivity contribution in [1.29, 1.82) is 0 Å². The Balaban J connectivity index is 1.72. The molecule has 4 nitrogen and oxygen atoms in total. The fraction of sp³-hybridized carbons (Fsp3) is 0.292. The number of carbonyl (C=O) groups excluding carboxylic acids is 1. The maximum atomic E-state index is 13.1. The molecule has 0 fully saturated rings. The number of nitrogens with zero attached hydrogens (tertiary/aromatic N) is 2. The van der Waals surface area contributed by atoms with Crippen LogP contribution in [0.4, 0.5) is 4.39 Å². The van der Waals surface area contributed by atoms with Crippen LogP contribution < -0.4 is 0 Å². The van der Waals surface area contributed by atoms with Crippen LogP contribution in [0.15, 0.2) is 66.9 Å². The van der Waals surface area contributed by atoms with Crippen molar-refractivity contribution in [3.05, 3.63) is 95.1 Å². The molecule has 0 aliphatic heterocycles. The van der Waals surface area contributed by atoms with Crippen molar-refractivity contribution in [3.63, 3.8) is 0 Å². The number of carbonyl (C=O) groups is 1. The van der Waals surface area contributed by atoms with Gasteiger partial charge in [-0.25, -0.2) is 4.39 Å². The fourth-order valence-electron chi connectivity index (χ4n) is 3.33. The zero-order valence-electron chi connectivity index (χ0n) is 17.0. The maximum absolute atomic E-state index is 13.1. The van der Waals surface area contributed by atoms with Gasteiger partial charge in [0.05, 0.1) is 19.6 Å². The Labute approximate surface area is 171 Å². The number of benzene rings is 2. The van der Waals surface area contributed by atoms with E-state index in [9.17, 15) is 9.18 Å². The van der Waals surface area contributed by atoms with Crippen LogP contribution in [-0.2, 0) is 29.0 Å². The van der Waals surface area contributed by atoms with Crippen molar-refractivity contribution < 1.29 is 13.9 Å². The number of amides is 1. The van der Waals surface area contributed by atoms with Crippen molar-refractivity contribution in [2.75, 3.05) is 20.3 Å². The summed E-state index contributed by atoms with van der Waals surface area (Å²) in [6.07, 6.45) is 2.28. The molecule has 3 aromatic rings. The monoisotopic (exact) mass is 394 g/mol. The Morgan fingerprint density at radius 2 is 1.86 bits per heavy atom. The molecule has 0 aliphatic rings. The second kappa shape index (κ2) is 10.0. The third kappa shape index (κ3) is 6.03. The first-order chi connectivity index (χ1) is 14.0. The third-order valence-electron chi connectivity index (χ3n) is 4.90. The van der Waals surface area contributed by atoms with Crippen LogP contribution in [-0.4, -0.2) is 35.6 Å². The minimum absolute atomic E-state index is 0.00281. The second-order valence-electron chi connectivity index (χ2n) is 7.23. The molecule has 0 saturated heterocycles. The SMILES string of the molecule is COCCN(Cc1cccn1Cc1cccc(C)c1)C(=O)Cc1ccc(F)cc1. The molecule has 1 heterocycles. The predicted molar refractivity (Wildman–Crippen MR) is 112 cm³/mol. The molecule has 1 aromatic heterocycles. The zero-order chi connectivity index (χ0) is 20.6. The van der Waals surface area contributed by atoms with Gasteiger partial charge < -0.3 is 14.2 Å². The number of rotatable bonds is 9. The number of methoxy groups -OCH3 is 1. The van der Waals surface area contributed by atoms with Gasteiger partial charge in [0.1, 0.15) is 5.82 Å². The van der Waals surface area contributed by atoms with E-state index in [0.29, 0.717) is 19.7 Å². The summed E-state index contributed by atoms with van der Waals surface area (Å²) in [4.78, 5) is 14.7. The van der Waals surface area contributed by atoms with Crippen LogP contribution in [0.1, 0.15) is 22.4 Å². The van der Waals surface area contributed by atoms with Crippen LogP contribution in [0.3, 0.4) is 0 Å². The number of hydrogen-bond donors (Lipinski definition) is 0. The Morgan fingerprint density at radius 1 is 1.07 bits per heavy atom. The number of aromatic nitrogens is 1. The molecule has 152 valence electrons. The number of halogens is 1. The smallest absolute Gasteiger partial charge is 0.227 e. The average molecular weight is 394 g/mol. The van der Waals surface area contributed by atoms with Crippen molar-refractivity contribution >= 4 is 5.91 Å². The molecule has 5 heteroatoms. The van der Waals surface area contributed by atoms with Gasteiger partial charge in [0, 0.05) is 32.1 Å². The molecule has 0 aliphatic carbocycles. The van der Waals surface area contributed by atoms with Crippen LogP contribution in [0.2, 0.25) is 0 Å². The van der Waals surface area contributed by atoms with Gasteiger partial charge in [-0.3, -0.25) is 4.79 Å². The third-order valence-corrected chi connectivity index (χ3v) is 4.90. The van der Waals surface area contributed by atoms with Crippen molar-refractivity contribution in [2.24, 2.45) is 0 Å². The molecule has 0 N–H and O–H groups in total. The molecular weight excluding hydrogens is 367 g/mol. The first-order valence-electron chi connectivity index (χ1n) is 9.76. The number of hydrogen-bond acceptors (Lipinski definition) is 2. The summed E-state index contributed by atoms with van der Waals surface area (Å²) in [5.74, 6) is -0.302. The summed E-state index contributed by atoms with van der Waals surface area (Å²) in [6.45, 7) is 4.32. The molecule has 29 heavy (non-hydrogen) atoms. The van der Waals surface area contributed by atoms with E-state index >= 15 is 0 Å². The molecule has 0 saturated carbocycles. The van der Waals surface area contributed by atoms with Crippen LogP contribution in [0.25, 0.3) is 0 Å². The van der Waals surface area contributed by atoms with Crippen molar-refractivity contribution in [3.8, 4) is 0 Å². The van der Waals surface area contributed by atoms with E-state index in [1.54, 1.807) is 24.1 Å². The molecule has 3 rings (SSSR count). The zero-order valence-corrected chi connectivity index (χ0v) is 17.0. The lowest BCUT2D eigenvalue weighted by molar-refractivity contribution is -0.131. The van der Waals surface area contributed by atoms with E-state index < -0.39 is 0 Å². The lowest BCUT2D eigenvalue weighted by Gasteiger charge is -2.23. The first kappa shape index (κ1) is 20.8. The van der Waals surface area contributed by atoms with Gasteiger partial charge in [-0.15, -0.1) is 0 Å². The van der Waals surface area contributed by atoms with Gasteiger partial charge in [-0.2, -0.15) is 0 Å². The molecule has 1 amide bonds. The summed E-state index contributed by atoms with van der Waals surface area (Å²) < 4.78 is 20.5. The summed E-state index contributed by atoms with van der Waals surface area (Å²) in [7, 11) is 1.63. The highest BCUT2D eigenvalue weighted by Crippen LogP contribution is 2.13. The summed E-state index contributed by atoms with van der Waals surface area (Å²) in [5.41, 5.74) is 4.32. The molecule has 0 bridgehead atoms. The van der Waals surface area contributed by atoms with Crippen LogP contribution in [0.5, 0.6) is 0 Å². The molecule has 0 atom stereocenters. The first-order valence-corrected chi connectivity index (χ1v) is 9.76. The second-order valence-corrected chi connectivity index (χ2v) is 7.23. The number of aryl methyl sites for hydroxylation is 1. The maximum Gasteiger partial charge on any atom is 0.227 e. The van der Waals surface area contributed by atoms with Crippen molar-refractivity contribution in [1.82, 2.24) is 9.47 Å². The van der Waals surface area contributed by atoms with E-state index in [-0.39, 0.29) is 18.1 Å². The summed E-state index contributed by atoms with van der Waals surface area (Å²) >= 11 is 0. The molecule has 2 aromatic carbocycles. The highest BCUT2D eigenvalue weighted by atomic mass is 19.1. The quantitative estimate of drug-likeness (QED) is 0.545. The highest BCUT2D eigenvalue weighted by Gasteiger charge is 2.16. The number of ether oxygens (including phenoxy) is 1. The van der Waals surface area contributed by atoms with Gasteiger partial charge >= 0.3 is 0 Å². The Hall–Kier alpha value is -2.92. The van der Waals surface area contributed by atoms with E-state index in [2.05, 4.69) is 35.8 Å². The van der Waals surface area contributed by atoms with Crippen LogP contribution in [0, 0.1) is 12.7 Å². The molecular formula is C24H27FN2O2. The Bertz CT molecular complexity index is 934. The van der Waals surface area contributed by atoms with Gasteiger partial charge in [-0.1, -0.05) is 42.0 Å². The van der Waals surface area contributed by atoms with E-state index in [1.807, 2.05) is 18.3 Å². The Morgan fingerprint density at radius 3 is 2.59 bits per heavy atom. The van der Waals surface area contributed by atoms with Gasteiger partial charge in [-0.05, 0) is 42.3 Å². The molecule has 0 unspecified atom stereocenters. The van der Waals surface area contributed by atoms with Gasteiger partial charge in [0.15, 0.2) is 0 Å². The van der Waals surface area contributed by atoms with E-state index in [4.69, 9.17) is 4.74 Å². The fourth-order valence-corrected chi connectivity index (χ4v) is 3.33. The normalized spacial score (nSPS) is 10.9. The molecule has 0 spiro atoms. The topological polar surface area (TPSA) is 34.5 Å². The van der Waals surface area contributed by atoms with Crippen LogP contribution >= 0.6 is 0 Å². The predicted octanol–water partition coefficient (Wildman–Crippen LogP) is 4.20. The summed E-state index contributed by atoms with van der Waals surface area (Å²) in [6, 6.07) is 18.6. The Kier molecular flexibility index (Phi) is 7.19. The minimum Gasteiger partial charge on any atom is -0.383 e. The van der Waals surface area contributed by atoms with E-state index in [0.717, 1.165) is 17.8 Å². The van der Waals surface area contributed by atoms with E-state index in [1.165, 1.54) is 23.3 Å². The van der Waals surface area contributed by atoms with Gasteiger partial charge in [0.2, 0.25) is 5.91 Å². The largest absolute Gasteiger partial charge is 0.383 e. The lowest BCUT2D eigenvalue weighted by atomic mass is 10.1. The minimum atomic E-state index is -0.300.